The van der Waals surface area contributed by atoms with Crippen molar-refractivity contribution in [1.82, 2.24) is 0 Å². The van der Waals surface area contributed by atoms with Crippen molar-refractivity contribution in [2.24, 2.45) is 0 Å². The van der Waals surface area contributed by atoms with E-state index in [0.717, 1.165) is 17.5 Å². The molecule has 0 saturated heterocycles. The number of rotatable bonds is 4. The van der Waals surface area contributed by atoms with E-state index in [1.807, 2.05) is 32.0 Å². The zero-order chi connectivity index (χ0) is 10.6. The molecule has 0 N–H and O–H groups in total. The minimum absolute atomic E-state index is 0.162. The van der Waals surface area contributed by atoms with Crippen LogP contribution in [0.5, 0.6) is 5.75 Å². The van der Waals surface area contributed by atoms with Crippen LogP contribution in [0.1, 0.15) is 19.4 Å². The zero-order valence-corrected chi connectivity index (χ0v) is 10.7. The lowest BCUT2D eigenvalue weighted by molar-refractivity contribution is 0.242. The molecule has 0 amide bonds. The van der Waals surface area contributed by atoms with E-state index < -0.39 is 0 Å². The van der Waals surface area contributed by atoms with E-state index in [9.17, 15) is 0 Å². The maximum absolute atomic E-state index is 6.07. The molecule has 78 valence electrons. The lowest BCUT2D eigenvalue weighted by Crippen LogP contribution is -2.06. The van der Waals surface area contributed by atoms with E-state index in [4.69, 9.17) is 16.3 Å². The Morgan fingerprint density at radius 1 is 1.43 bits per heavy atom. The number of hydrogen-bond acceptors (Lipinski definition) is 1. The number of aryl methyl sites for hydroxylation is 1. The predicted octanol–water partition coefficient (Wildman–Crippen LogP) is 4.06. The van der Waals surface area contributed by atoms with Crippen molar-refractivity contribution in [2.45, 2.75) is 26.4 Å². The molecule has 0 spiro atoms. The van der Waals surface area contributed by atoms with E-state index in [1.54, 1.807) is 0 Å². The van der Waals surface area contributed by atoms with Crippen LogP contribution in [0.4, 0.5) is 0 Å². The Bertz CT molecular complexity index is 299. The fourth-order valence-corrected chi connectivity index (χ4v) is 1.86. The summed E-state index contributed by atoms with van der Waals surface area (Å²) in [6, 6.07) is 5.94. The summed E-state index contributed by atoms with van der Waals surface area (Å²) in [5.74, 6) is 0.764. The molecule has 0 bridgehead atoms. The van der Waals surface area contributed by atoms with Crippen molar-refractivity contribution < 1.29 is 4.74 Å². The summed E-state index contributed by atoms with van der Waals surface area (Å²) < 4.78 is 5.53. The van der Waals surface area contributed by atoms with Gasteiger partial charge >= 0.3 is 0 Å². The van der Waals surface area contributed by atoms with Crippen molar-refractivity contribution in [3.05, 3.63) is 28.8 Å². The van der Waals surface area contributed by atoms with E-state index in [0.29, 0.717) is 5.02 Å². The normalized spacial score (nSPS) is 10.6. The molecule has 1 aromatic carbocycles. The molecule has 14 heavy (non-hydrogen) atoms. The molecule has 0 unspecified atom stereocenters. The van der Waals surface area contributed by atoms with Gasteiger partial charge in [-0.2, -0.15) is 0 Å². The summed E-state index contributed by atoms with van der Waals surface area (Å²) in [5.41, 5.74) is 1.22. The second kappa shape index (κ2) is 5.62. The average molecular weight is 278 g/mol. The van der Waals surface area contributed by atoms with Crippen molar-refractivity contribution in [3.8, 4) is 5.75 Å². The van der Waals surface area contributed by atoms with Crippen LogP contribution < -0.4 is 4.74 Å². The van der Waals surface area contributed by atoms with E-state index in [-0.39, 0.29) is 6.10 Å². The van der Waals surface area contributed by atoms with Gasteiger partial charge in [0.05, 0.1) is 11.1 Å². The van der Waals surface area contributed by atoms with Crippen LogP contribution >= 0.6 is 27.5 Å². The Morgan fingerprint density at radius 2 is 2.14 bits per heavy atom. The Kier molecular flexibility index (Phi) is 4.76. The SMILES string of the molecule is CC(C)Oc1ccc(CCBr)cc1Cl. The highest BCUT2D eigenvalue weighted by atomic mass is 79.9. The number of alkyl halides is 1. The molecule has 0 heterocycles. The summed E-state index contributed by atoms with van der Waals surface area (Å²) in [4.78, 5) is 0. The Morgan fingerprint density at radius 3 is 2.64 bits per heavy atom. The molecule has 0 aliphatic heterocycles. The van der Waals surface area contributed by atoms with E-state index in [2.05, 4.69) is 15.9 Å². The first-order valence-corrected chi connectivity index (χ1v) is 6.14. The molecular formula is C11H14BrClO. The third-order valence-electron chi connectivity index (χ3n) is 1.74. The Hall–Kier alpha value is -0.210. The van der Waals surface area contributed by atoms with Gasteiger partial charge in [-0.1, -0.05) is 33.6 Å². The summed E-state index contributed by atoms with van der Waals surface area (Å²) in [6.07, 6.45) is 1.15. The number of ether oxygens (including phenoxy) is 1. The molecule has 1 rings (SSSR count). The molecule has 0 radical (unpaired) electrons. The third-order valence-corrected chi connectivity index (χ3v) is 2.43. The molecule has 1 nitrogen and oxygen atoms in total. The second-order valence-electron chi connectivity index (χ2n) is 3.37. The topological polar surface area (TPSA) is 9.23 Å². The third kappa shape index (κ3) is 3.50. The van der Waals surface area contributed by atoms with Crippen LogP contribution in [0, 0.1) is 0 Å². The maximum Gasteiger partial charge on any atom is 0.138 e. The number of benzene rings is 1. The van der Waals surface area contributed by atoms with Crippen LogP contribution in [0.2, 0.25) is 5.02 Å². The van der Waals surface area contributed by atoms with E-state index in [1.165, 1.54) is 5.56 Å². The second-order valence-corrected chi connectivity index (χ2v) is 4.57. The number of hydrogen-bond donors (Lipinski definition) is 0. The molecule has 3 heteroatoms. The monoisotopic (exact) mass is 276 g/mol. The highest BCUT2D eigenvalue weighted by molar-refractivity contribution is 9.09. The zero-order valence-electron chi connectivity index (χ0n) is 8.39. The lowest BCUT2D eigenvalue weighted by Gasteiger charge is -2.11. The highest BCUT2D eigenvalue weighted by Crippen LogP contribution is 2.26. The van der Waals surface area contributed by atoms with E-state index >= 15 is 0 Å². The first kappa shape index (κ1) is 11.9. The van der Waals surface area contributed by atoms with Crippen LogP contribution in [0.25, 0.3) is 0 Å². The van der Waals surface area contributed by atoms with Gasteiger partial charge < -0.3 is 4.74 Å². The van der Waals surface area contributed by atoms with Gasteiger partial charge in [-0.3, -0.25) is 0 Å². The molecular weight excluding hydrogens is 263 g/mol. The van der Waals surface area contributed by atoms with Crippen LogP contribution in [0.15, 0.2) is 18.2 Å². The molecule has 0 saturated carbocycles. The lowest BCUT2D eigenvalue weighted by atomic mass is 10.2. The molecule has 0 aliphatic rings. The maximum atomic E-state index is 6.07. The fraction of sp³-hybridized carbons (Fsp3) is 0.455. The summed E-state index contributed by atoms with van der Waals surface area (Å²) >= 11 is 9.46. The smallest absolute Gasteiger partial charge is 0.138 e. The van der Waals surface area contributed by atoms with Gasteiger partial charge in [0.2, 0.25) is 0 Å². The van der Waals surface area contributed by atoms with Gasteiger partial charge in [-0.25, -0.2) is 0 Å². The van der Waals surface area contributed by atoms with Crippen molar-refractivity contribution >= 4 is 27.5 Å². The van der Waals surface area contributed by atoms with Gasteiger partial charge in [0.25, 0.3) is 0 Å². The van der Waals surface area contributed by atoms with Crippen molar-refractivity contribution in [3.63, 3.8) is 0 Å². The minimum Gasteiger partial charge on any atom is -0.489 e. The van der Waals surface area contributed by atoms with Gasteiger partial charge in [0.15, 0.2) is 0 Å². The first-order chi connectivity index (χ1) is 6.63. The summed E-state index contributed by atoms with van der Waals surface area (Å²) in [5, 5.41) is 1.64. The minimum atomic E-state index is 0.162. The van der Waals surface area contributed by atoms with Gasteiger partial charge in [-0.05, 0) is 38.0 Å². The largest absolute Gasteiger partial charge is 0.489 e. The van der Waals surface area contributed by atoms with Gasteiger partial charge in [0, 0.05) is 5.33 Å². The summed E-state index contributed by atoms with van der Waals surface area (Å²) in [6.45, 7) is 3.98. The van der Waals surface area contributed by atoms with Gasteiger partial charge in [-0.15, -0.1) is 0 Å². The Balaban J connectivity index is 2.79. The van der Waals surface area contributed by atoms with Crippen molar-refractivity contribution in [1.29, 1.82) is 0 Å². The molecule has 0 atom stereocenters. The molecule has 0 fully saturated rings. The van der Waals surface area contributed by atoms with Crippen LogP contribution in [0.3, 0.4) is 0 Å². The standard InChI is InChI=1S/C11H14BrClO/c1-8(2)14-11-4-3-9(5-6-12)7-10(11)13/h3-4,7-8H,5-6H2,1-2H3. The van der Waals surface area contributed by atoms with Crippen molar-refractivity contribution in [2.75, 3.05) is 5.33 Å². The van der Waals surface area contributed by atoms with Crippen LogP contribution in [-0.2, 0) is 6.42 Å². The quantitative estimate of drug-likeness (QED) is 0.754. The Labute approximate surface area is 98.5 Å². The predicted molar refractivity (Wildman–Crippen MR) is 64.7 cm³/mol. The molecule has 1 aromatic rings. The van der Waals surface area contributed by atoms with Crippen LogP contribution in [-0.4, -0.2) is 11.4 Å². The molecule has 0 aromatic heterocycles. The highest BCUT2D eigenvalue weighted by Gasteiger charge is 2.04. The van der Waals surface area contributed by atoms with Gasteiger partial charge in [0.1, 0.15) is 5.75 Å². The first-order valence-electron chi connectivity index (χ1n) is 4.64. The molecule has 0 aliphatic carbocycles. The summed E-state index contributed by atoms with van der Waals surface area (Å²) in [7, 11) is 0. The number of halogens is 2. The fourth-order valence-electron chi connectivity index (χ4n) is 1.16. The average Bonchev–Trinajstić information content (AvgIpc) is 2.10.